The van der Waals surface area contributed by atoms with Crippen LogP contribution in [-0.2, 0) is 11.2 Å². The number of amides is 1. The Morgan fingerprint density at radius 1 is 1.30 bits per heavy atom. The average molecular weight is 293 g/mol. The van der Waals surface area contributed by atoms with Gasteiger partial charge in [-0.3, -0.25) is 9.69 Å². The number of hydrogen-bond acceptors (Lipinski definition) is 2. The van der Waals surface area contributed by atoms with Gasteiger partial charge in [0.2, 0.25) is 5.91 Å². The van der Waals surface area contributed by atoms with Gasteiger partial charge >= 0.3 is 0 Å². The molecule has 0 spiro atoms. The number of likely N-dealkylation sites (tertiary alicyclic amines) is 1. The molecule has 1 saturated heterocycles. The minimum absolute atomic E-state index is 0.179. The quantitative estimate of drug-likeness (QED) is 0.905. The number of hydrogen-bond donors (Lipinski definition) is 1. The third kappa shape index (κ3) is 3.53. The molecule has 2 aliphatic rings. The lowest BCUT2D eigenvalue weighted by Gasteiger charge is -2.24. The van der Waals surface area contributed by atoms with Crippen LogP contribution in [0.3, 0.4) is 0 Å². The molecule has 0 aromatic heterocycles. The highest BCUT2D eigenvalue weighted by molar-refractivity contribution is 6.31. The molecule has 1 unspecified atom stereocenters. The first-order chi connectivity index (χ1) is 9.72. The number of halogens is 1. The molecule has 108 valence electrons. The molecule has 0 bridgehead atoms. The zero-order valence-electron chi connectivity index (χ0n) is 11.6. The van der Waals surface area contributed by atoms with E-state index in [0.29, 0.717) is 18.6 Å². The predicted octanol–water partition coefficient (Wildman–Crippen LogP) is 2.63. The molecule has 20 heavy (non-hydrogen) atoms. The molecule has 4 heteroatoms. The molecule has 1 amide bonds. The van der Waals surface area contributed by atoms with Crippen molar-refractivity contribution in [1.82, 2.24) is 10.2 Å². The van der Waals surface area contributed by atoms with Gasteiger partial charge in [-0.1, -0.05) is 29.8 Å². The summed E-state index contributed by atoms with van der Waals surface area (Å²) in [5, 5.41) is 3.90. The van der Waals surface area contributed by atoms with Gasteiger partial charge in [0.25, 0.3) is 0 Å². The van der Waals surface area contributed by atoms with E-state index in [4.69, 9.17) is 11.6 Å². The fraction of sp³-hybridized carbons (Fsp3) is 0.562. The molecule has 0 radical (unpaired) electrons. The Bertz CT molecular complexity index is 487. The van der Waals surface area contributed by atoms with Crippen LogP contribution in [0.1, 0.15) is 31.2 Å². The number of carbonyl (C=O) groups excluding carboxylic acids is 1. The van der Waals surface area contributed by atoms with Crippen LogP contribution < -0.4 is 5.32 Å². The summed E-state index contributed by atoms with van der Waals surface area (Å²) in [7, 11) is 0. The highest BCUT2D eigenvalue weighted by Crippen LogP contribution is 2.25. The molecule has 1 N–H and O–H groups in total. The first-order valence-corrected chi connectivity index (χ1v) is 7.87. The van der Waals surface area contributed by atoms with Crippen LogP contribution in [0.5, 0.6) is 0 Å². The van der Waals surface area contributed by atoms with Gasteiger partial charge in [-0.25, -0.2) is 0 Å². The van der Waals surface area contributed by atoms with E-state index < -0.39 is 0 Å². The molecule has 2 fully saturated rings. The van der Waals surface area contributed by atoms with Crippen molar-refractivity contribution in [2.75, 3.05) is 13.1 Å². The van der Waals surface area contributed by atoms with Crippen molar-refractivity contribution in [1.29, 1.82) is 0 Å². The molecular formula is C16H21ClN2O. The SMILES string of the molecule is O=C(CN1CCCC1Cc1ccccc1Cl)NC1CC1. The van der Waals surface area contributed by atoms with Crippen LogP contribution in [0.2, 0.25) is 5.02 Å². The number of rotatable bonds is 5. The van der Waals surface area contributed by atoms with Crippen LogP contribution in [0, 0.1) is 0 Å². The fourth-order valence-corrected chi connectivity index (χ4v) is 3.15. The van der Waals surface area contributed by atoms with Crippen LogP contribution in [-0.4, -0.2) is 36.0 Å². The summed E-state index contributed by atoms with van der Waals surface area (Å²) >= 11 is 6.24. The van der Waals surface area contributed by atoms with Crippen LogP contribution in [0.25, 0.3) is 0 Å². The maximum Gasteiger partial charge on any atom is 0.234 e. The fourth-order valence-electron chi connectivity index (χ4n) is 2.94. The van der Waals surface area contributed by atoms with Crippen molar-refractivity contribution in [2.24, 2.45) is 0 Å². The van der Waals surface area contributed by atoms with Gasteiger partial charge in [0.1, 0.15) is 0 Å². The monoisotopic (exact) mass is 292 g/mol. The minimum Gasteiger partial charge on any atom is -0.352 e. The summed E-state index contributed by atoms with van der Waals surface area (Å²) in [6.45, 7) is 1.55. The smallest absolute Gasteiger partial charge is 0.234 e. The van der Waals surface area contributed by atoms with Crippen molar-refractivity contribution in [3.63, 3.8) is 0 Å². The van der Waals surface area contributed by atoms with Crippen molar-refractivity contribution < 1.29 is 4.79 Å². The number of carbonyl (C=O) groups is 1. The third-order valence-electron chi connectivity index (χ3n) is 4.20. The maximum atomic E-state index is 11.9. The van der Waals surface area contributed by atoms with E-state index in [1.807, 2.05) is 18.2 Å². The lowest BCUT2D eigenvalue weighted by atomic mass is 10.0. The van der Waals surface area contributed by atoms with Gasteiger partial charge in [-0.15, -0.1) is 0 Å². The minimum atomic E-state index is 0.179. The zero-order chi connectivity index (χ0) is 13.9. The van der Waals surface area contributed by atoms with Crippen LogP contribution >= 0.6 is 11.6 Å². The van der Waals surface area contributed by atoms with E-state index in [-0.39, 0.29) is 5.91 Å². The molecule has 1 saturated carbocycles. The Morgan fingerprint density at radius 3 is 2.85 bits per heavy atom. The summed E-state index contributed by atoms with van der Waals surface area (Å²) in [5.41, 5.74) is 1.19. The van der Waals surface area contributed by atoms with Crippen molar-refractivity contribution >= 4 is 17.5 Å². The Labute approximate surface area is 125 Å². The lowest BCUT2D eigenvalue weighted by Crippen LogP contribution is -2.41. The number of benzene rings is 1. The second-order valence-electron chi connectivity index (χ2n) is 5.90. The van der Waals surface area contributed by atoms with E-state index in [9.17, 15) is 4.79 Å². The molecule has 1 atom stereocenters. The molecule has 3 nitrogen and oxygen atoms in total. The standard InChI is InChI=1S/C16H21ClN2O/c17-15-6-2-1-4-12(15)10-14-5-3-9-19(14)11-16(20)18-13-7-8-13/h1-2,4,6,13-14H,3,5,7-11H2,(H,18,20). The molecule has 1 aromatic rings. The molecular weight excluding hydrogens is 272 g/mol. The van der Waals surface area contributed by atoms with Gasteiger partial charge in [0, 0.05) is 17.1 Å². The zero-order valence-corrected chi connectivity index (χ0v) is 12.4. The van der Waals surface area contributed by atoms with Crippen LogP contribution in [0.15, 0.2) is 24.3 Å². The van der Waals surface area contributed by atoms with E-state index in [0.717, 1.165) is 37.3 Å². The first-order valence-electron chi connectivity index (χ1n) is 7.49. The summed E-state index contributed by atoms with van der Waals surface area (Å²) in [6.07, 6.45) is 5.56. The molecule has 1 aromatic carbocycles. The Morgan fingerprint density at radius 2 is 2.10 bits per heavy atom. The summed E-state index contributed by atoms with van der Waals surface area (Å²) in [6, 6.07) is 8.91. The van der Waals surface area contributed by atoms with E-state index >= 15 is 0 Å². The van der Waals surface area contributed by atoms with Gasteiger partial charge in [-0.05, 0) is 50.3 Å². The topological polar surface area (TPSA) is 32.3 Å². The van der Waals surface area contributed by atoms with Crippen molar-refractivity contribution in [3.8, 4) is 0 Å². The van der Waals surface area contributed by atoms with Gasteiger partial charge in [0.15, 0.2) is 0 Å². The number of nitrogens with one attached hydrogen (secondary N) is 1. The second kappa shape index (κ2) is 6.15. The largest absolute Gasteiger partial charge is 0.352 e. The summed E-state index contributed by atoms with van der Waals surface area (Å²) < 4.78 is 0. The van der Waals surface area contributed by atoms with Crippen molar-refractivity contribution in [3.05, 3.63) is 34.9 Å². The normalized spacial score (nSPS) is 22.9. The molecule has 3 rings (SSSR count). The van der Waals surface area contributed by atoms with Crippen LogP contribution in [0.4, 0.5) is 0 Å². The lowest BCUT2D eigenvalue weighted by molar-refractivity contribution is -0.122. The van der Waals surface area contributed by atoms with E-state index in [1.54, 1.807) is 0 Å². The van der Waals surface area contributed by atoms with Crippen molar-refractivity contribution in [2.45, 2.75) is 44.2 Å². The van der Waals surface area contributed by atoms with E-state index in [1.165, 1.54) is 12.0 Å². The second-order valence-corrected chi connectivity index (χ2v) is 6.31. The Balaban J connectivity index is 1.57. The summed E-state index contributed by atoms with van der Waals surface area (Å²) in [5.74, 6) is 0.179. The highest BCUT2D eigenvalue weighted by atomic mass is 35.5. The molecule has 1 aliphatic carbocycles. The Kier molecular flexibility index (Phi) is 4.27. The predicted molar refractivity (Wildman–Crippen MR) is 80.9 cm³/mol. The van der Waals surface area contributed by atoms with Gasteiger partial charge in [0.05, 0.1) is 6.54 Å². The van der Waals surface area contributed by atoms with E-state index in [2.05, 4.69) is 16.3 Å². The Hall–Kier alpha value is -1.06. The summed E-state index contributed by atoms with van der Waals surface area (Å²) in [4.78, 5) is 14.2. The highest BCUT2D eigenvalue weighted by Gasteiger charge is 2.29. The average Bonchev–Trinajstić information content (AvgIpc) is 3.13. The van der Waals surface area contributed by atoms with Gasteiger partial charge < -0.3 is 5.32 Å². The first kappa shape index (κ1) is 13.9. The molecule has 1 aliphatic heterocycles. The molecule has 1 heterocycles. The number of nitrogens with zero attached hydrogens (tertiary/aromatic N) is 1. The third-order valence-corrected chi connectivity index (χ3v) is 4.57. The van der Waals surface area contributed by atoms with Gasteiger partial charge in [-0.2, -0.15) is 0 Å². The maximum absolute atomic E-state index is 11.9.